The number of hydrogen-bond donors (Lipinski definition) is 1. The molecule has 6 heteroatoms. The maximum absolute atomic E-state index is 13.6. The fraction of sp³-hybridized carbons (Fsp3) is 0.250. The Hall–Kier alpha value is -1.49. The van der Waals surface area contributed by atoms with Crippen molar-refractivity contribution >= 4 is 35.8 Å². The average molecular weight is 407 g/mol. The highest BCUT2D eigenvalue weighted by molar-refractivity contribution is 7.80. The van der Waals surface area contributed by atoms with Crippen molar-refractivity contribution < 1.29 is 4.39 Å². The van der Waals surface area contributed by atoms with Crippen molar-refractivity contribution in [1.82, 2.24) is 9.55 Å². The number of aromatic nitrogens is 2. The third kappa shape index (κ3) is 3.04. The summed E-state index contributed by atoms with van der Waals surface area (Å²) < 4.78 is 15.6. The largest absolute Gasteiger partial charge is 0.291 e. The zero-order chi connectivity index (χ0) is 18.4. The number of aryl methyl sites for hydroxylation is 2. The van der Waals surface area contributed by atoms with Crippen LogP contribution >= 0.6 is 35.8 Å². The van der Waals surface area contributed by atoms with Crippen LogP contribution in [0, 0.1) is 12.7 Å². The lowest BCUT2D eigenvalue weighted by atomic mass is 9.83. The second-order valence-electron chi connectivity index (χ2n) is 6.63. The van der Waals surface area contributed by atoms with Gasteiger partial charge in [-0.05, 0) is 61.6 Å². The number of thiol groups is 1. The predicted molar refractivity (Wildman–Crippen MR) is 107 cm³/mol. The van der Waals surface area contributed by atoms with Gasteiger partial charge in [-0.3, -0.25) is 4.57 Å². The van der Waals surface area contributed by atoms with Gasteiger partial charge in [0.2, 0.25) is 0 Å². The molecule has 1 aromatic heterocycles. The van der Waals surface area contributed by atoms with E-state index in [-0.39, 0.29) is 10.9 Å². The van der Waals surface area contributed by atoms with Crippen LogP contribution in [-0.4, -0.2) is 9.55 Å². The number of nitrogens with zero attached hydrogens (tertiary/aromatic N) is 2. The molecule has 1 atom stereocenters. The smallest absolute Gasteiger partial charge is 0.169 e. The third-order valence-electron chi connectivity index (χ3n) is 4.95. The van der Waals surface area contributed by atoms with Gasteiger partial charge in [-0.25, -0.2) is 9.37 Å². The summed E-state index contributed by atoms with van der Waals surface area (Å²) in [5.74, 6) is -0.248. The van der Waals surface area contributed by atoms with Crippen LogP contribution in [0.5, 0.6) is 0 Å². The molecule has 0 N–H and O–H groups in total. The van der Waals surface area contributed by atoms with E-state index in [4.69, 9.17) is 23.2 Å². The lowest BCUT2D eigenvalue weighted by Gasteiger charge is -2.25. The Labute approximate surface area is 167 Å². The summed E-state index contributed by atoms with van der Waals surface area (Å²) in [6, 6.07) is 10.9. The van der Waals surface area contributed by atoms with Crippen LogP contribution in [0.1, 0.15) is 41.3 Å². The minimum absolute atomic E-state index is 0.0902. The number of imidazole rings is 1. The van der Waals surface area contributed by atoms with Crippen LogP contribution in [-0.2, 0) is 6.42 Å². The van der Waals surface area contributed by atoms with Gasteiger partial charge in [0.25, 0.3) is 0 Å². The first-order chi connectivity index (χ1) is 12.5. The van der Waals surface area contributed by atoms with Crippen molar-refractivity contribution in [2.24, 2.45) is 0 Å². The van der Waals surface area contributed by atoms with Crippen molar-refractivity contribution in [3.05, 3.63) is 74.8 Å². The molecule has 0 aliphatic heterocycles. The minimum Gasteiger partial charge on any atom is -0.291 e. The van der Waals surface area contributed by atoms with Crippen molar-refractivity contribution in [2.45, 2.75) is 37.3 Å². The topological polar surface area (TPSA) is 17.8 Å². The normalized spacial score (nSPS) is 16.6. The Balaban J connectivity index is 1.89. The van der Waals surface area contributed by atoms with Crippen LogP contribution in [0.2, 0.25) is 10.0 Å². The Bertz CT molecular complexity index is 1000. The van der Waals surface area contributed by atoms with E-state index in [9.17, 15) is 4.39 Å². The molecule has 4 rings (SSSR count). The highest BCUT2D eigenvalue weighted by Crippen LogP contribution is 2.40. The Kier molecular flexibility index (Phi) is 4.76. The number of fused-ring (bicyclic) bond motifs is 1. The molecule has 0 spiro atoms. The van der Waals surface area contributed by atoms with Crippen LogP contribution in [0.25, 0.3) is 5.69 Å². The standard InChI is InChI=1S/C20H17Cl2FN2S/c1-11-9-12(5-7-15(11)21)14-3-2-4-18-19(14)25(20(26)24-18)13-6-8-17(23)16(22)10-13/h5-10,14H,2-4H2,1H3,(H,24,26). The lowest BCUT2D eigenvalue weighted by Crippen LogP contribution is -2.15. The van der Waals surface area contributed by atoms with Gasteiger partial charge in [-0.1, -0.05) is 35.3 Å². The molecule has 26 heavy (non-hydrogen) atoms. The fourth-order valence-electron chi connectivity index (χ4n) is 3.70. The maximum Gasteiger partial charge on any atom is 0.169 e. The van der Waals surface area contributed by atoms with Crippen molar-refractivity contribution in [2.75, 3.05) is 0 Å². The summed E-state index contributed by atoms with van der Waals surface area (Å²) in [5, 5.41) is 1.45. The highest BCUT2D eigenvalue weighted by atomic mass is 35.5. The van der Waals surface area contributed by atoms with Gasteiger partial charge in [0.1, 0.15) is 5.82 Å². The summed E-state index contributed by atoms with van der Waals surface area (Å²) in [7, 11) is 0. The van der Waals surface area contributed by atoms with E-state index in [1.54, 1.807) is 12.1 Å². The molecule has 0 saturated carbocycles. The second-order valence-corrected chi connectivity index (χ2v) is 7.85. The van der Waals surface area contributed by atoms with Gasteiger partial charge in [-0.2, -0.15) is 0 Å². The van der Waals surface area contributed by atoms with Gasteiger partial charge < -0.3 is 0 Å². The molecule has 0 amide bonds. The molecule has 1 unspecified atom stereocenters. The van der Waals surface area contributed by atoms with E-state index in [1.807, 2.05) is 17.6 Å². The quantitative estimate of drug-likeness (QED) is 0.488. The summed E-state index contributed by atoms with van der Waals surface area (Å²) in [5.41, 5.74) is 5.17. The van der Waals surface area contributed by atoms with E-state index >= 15 is 0 Å². The van der Waals surface area contributed by atoms with Gasteiger partial charge in [-0.15, -0.1) is 12.6 Å². The zero-order valence-corrected chi connectivity index (χ0v) is 16.5. The second kappa shape index (κ2) is 6.91. The Morgan fingerprint density at radius 3 is 2.69 bits per heavy atom. The molecule has 0 radical (unpaired) electrons. The van der Waals surface area contributed by atoms with Gasteiger partial charge in [0, 0.05) is 16.6 Å². The molecule has 2 nitrogen and oxygen atoms in total. The molecule has 134 valence electrons. The van der Waals surface area contributed by atoms with Crippen molar-refractivity contribution in [3.63, 3.8) is 0 Å². The molecule has 1 aliphatic rings. The van der Waals surface area contributed by atoms with Gasteiger partial charge in [0.05, 0.1) is 16.4 Å². The van der Waals surface area contributed by atoms with E-state index in [0.717, 1.165) is 46.9 Å². The van der Waals surface area contributed by atoms with Crippen LogP contribution in [0.3, 0.4) is 0 Å². The third-order valence-corrected chi connectivity index (χ3v) is 5.97. The maximum atomic E-state index is 13.6. The SMILES string of the molecule is Cc1cc(C2CCCc3nc(S)n(-c4ccc(F)c(Cl)c4)c32)ccc1Cl. The van der Waals surface area contributed by atoms with Crippen LogP contribution in [0.15, 0.2) is 41.6 Å². The highest BCUT2D eigenvalue weighted by Gasteiger charge is 2.29. The fourth-order valence-corrected chi connectivity index (χ4v) is 4.34. The van der Waals surface area contributed by atoms with Gasteiger partial charge in [0.15, 0.2) is 5.16 Å². The number of rotatable bonds is 2. The molecule has 0 bridgehead atoms. The van der Waals surface area contributed by atoms with Crippen LogP contribution < -0.4 is 0 Å². The summed E-state index contributed by atoms with van der Waals surface area (Å²) in [4.78, 5) is 4.66. The molecule has 0 fully saturated rings. The summed E-state index contributed by atoms with van der Waals surface area (Å²) >= 11 is 16.8. The number of benzene rings is 2. The molecule has 0 saturated heterocycles. The predicted octanol–water partition coefficient (Wildman–Crippen LogP) is 6.38. The first kappa shape index (κ1) is 17.9. The molecular weight excluding hydrogens is 390 g/mol. The minimum atomic E-state index is -0.435. The first-order valence-electron chi connectivity index (χ1n) is 8.47. The monoisotopic (exact) mass is 406 g/mol. The van der Waals surface area contributed by atoms with Crippen molar-refractivity contribution in [1.29, 1.82) is 0 Å². The van der Waals surface area contributed by atoms with Crippen molar-refractivity contribution in [3.8, 4) is 5.69 Å². The Morgan fingerprint density at radius 1 is 1.15 bits per heavy atom. The molecule has 3 aromatic rings. The molecule has 2 aromatic carbocycles. The average Bonchev–Trinajstić information content (AvgIpc) is 2.95. The zero-order valence-electron chi connectivity index (χ0n) is 14.1. The van der Waals surface area contributed by atoms with E-state index < -0.39 is 5.82 Å². The summed E-state index contributed by atoms with van der Waals surface area (Å²) in [6.45, 7) is 2.01. The summed E-state index contributed by atoms with van der Waals surface area (Å²) in [6.07, 6.45) is 2.99. The molecular formula is C20H17Cl2FN2S. The molecule has 1 aliphatic carbocycles. The first-order valence-corrected chi connectivity index (χ1v) is 9.68. The van der Waals surface area contributed by atoms with Gasteiger partial charge >= 0.3 is 0 Å². The lowest BCUT2D eigenvalue weighted by molar-refractivity contribution is 0.586. The van der Waals surface area contributed by atoms with E-state index in [1.165, 1.54) is 11.6 Å². The van der Waals surface area contributed by atoms with Crippen LogP contribution in [0.4, 0.5) is 4.39 Å². The number of halogens is 3. The Morgan fingerprint density at radius 2 is 1.96 bits per heavy atom. The molecule has 1 heterocycles. The van der Waals surface area contributed by atoms with E-state index in [0.29, 0.717) is 5.16 Å². The number of hydrogen-bond acceptors (Lipinski definition) is 2. The van der Waals surface area contributed by atoms with E-state index in [2.05, 4.69) is 29.7 Å².